The summed E-state index contributed by atoms with van der Waals surface area (Å²) < 4.78 is 14.1. The number of anilines is 1. The summed E-state index contributed by atoms with van der Waals surface area (Å²) in [7, 11) is 0. The molecule has 20 heavy (non-hydrogen) atoms. The second-order valence-electron chi connectivity index (χ2n) is 4.18. The first-order valence-electron chi connectivity index (χ1n) is 5.77. The summed E-state index contributed by atoms with van der Waals surface area (Å²) >= 11 is 1.95. The van der Waals surface area contributed by atoms with Crippen LogP contribution in [-0.4, -0.2) is 15.9 Å². The number of aromatic nitrogens is 2. The van der Waals surface area contributed by atoms with Crippen molar-refractivity contribution in [1.29, 1.82) is 0 Å². The highest BCUT2D eigenvalue weighted by molar-refractivity contribution is 14.1. The maximum absolute atomic E-state index is 13.5. The van der Waals surface area contributed by atoms with Gasteiger partial charge >= 0.3 is 0 Å². The van der Waals surface area contributed by atoms with E-state index in [-0.39, 0.29) is 18.1 Å². The van der Waals surface area contributed by atoms with Gasteiger partial charge in [0, 0.05) is 16.3 Å². The number of amides is 1. The van der Waals surface area contributed by atoms with Crippen LogP contribution in [0.3, 0.4) is 0 Å². The molecule has 1 aromatic carbocycles. The Morgan fingerprint density at radius 1 is 1.50 bits per heavy atom. The van der Waals surface area contributed by atoms with E-state index < -0.39 is 5.82 Å². The van der Waals surface area contributed by atoms with Crippen LogP contribution in [0.4, 0.5) is 10.1 Å². The van der Waals surface area contributed by atoms with Crippen molar-refractivity contribution in [2.24, 2.45) is 0 Å². The molecule has 3 N–H and O–H groups in total. The SMILES string of the molecule is Cc1ncncc1C(=O)NCc1cc(F)c(N)c(I)c1. The first kappa shape index (κ1) is 14.6. The van der Waals surface area contributed by atoms with Gasteiger partial charge in [-0.3, -0.25) is 4.79 Å². The third kappa shape index (κ3) is 3.21. The molecule has 0 radical (unpaired) electrons. The molecule has 1 aromatic heterocycles. The lowest BCUT2D eigenvalue weighted by atomic mass is 10.2. The monoisotopic (exact) mass is 386 g/mol. The van der Waals surface area contributed by atoms with E-state index in [0.717, 1.165) is 0 Å². The number of rotatable bonds is 3. The second-order valence-corrected chi connectivity index (χ2v) is 5.34. The molecule has 104 valence electrons. The molecule has 1 heterocycles. The van der Waals surface area contributed by atoms with Crippen molar-refractivity contribution in [3.05, 3.63) is 50.9 Å². The summed E-state index contributed by atoms with van der Waals surface area (Å²) in [5.74, 6) is -0.782. The molecule has 2 aromatic rings. The number of nitrogens with zero attached hydrogens (tertiary/aromatic N) is 2. The third-order valence-corrected chi connectivity index (χ3v) is 3.64. The Balaban J connectivity index is 2.10. The fourth-order valence-electron chi connectivity index (χ4n) is 1.63. The molecular formula is C13H12FIN4O. The van der Waals surface area contributed by atoms with Crippen LogP contribution in [0.5, 0.6) is 0 Å². The molecule has 7 heteroatoms. The summed E-state index contributed by atoms with van der Waals surface area (Å²) in [4.78, 5) is 19.7. The van der Waals surface area contributed by atoms with Crippen molar-refractivity contribution in [3.63, 3.8) is 0 Å². The molecule has 1 amide bonds. The molecule has 0 saturated heterocycles. The van der Waals surface area contributed by atoms with Gasteiger partial charge in [0.1, 0.15) is 12.1 Å². The number of nitrogens with two attached hydrogens (primary N) is 1. The summed E-state index contributed by atoms with van der Waals surface area (Å²) in [5.41, 5.74) is 7.29. The van der Waals surface area contributed by atoms with Gasteiger partial charge < -0.3 is 11.1 Å². The van der Waals surface area contributed by atoms with Crippen LogP contribution in [0.1, 0.15) is 21.6 Å². The van der Waals surface area contributed by atoms with Gasteiger partial charge in [0.15, 0.2) is 0 Å². The number of halogens is 2. The van der Waals surface area contributed by atoms with Crippen LogP contribution in [0.2, 0.25) is 0 Å². The first-order valence-corrected chi connectivity index (χ1v) is 6.85. The lowest BCUT2D eigenvalue weighted by Crippen LogP contribution is -2.24. The van der Waals surface area contributed by atoms with Gasteiger partial charge in [-0.15, -0.1) is 0 Å². The average Bonchev–Trinajstić information content (AvgIpc) is 2.42. The third-order valence-electron chi connectivity index (χ3n) is 2.75. The molecule has 0 fully saturated rings. The van der Waals surface area contributed by atoms with Crippen molar-refractivity contribution in [2.45, 2.75) is 13.5 Å². The fraction of sp³-hybridized carbons (Fsp3) is 0.154. The van der Waals surface area contributed by atoms with Gasteiger partial charge in [0.2, 0.25) is 0 Å². The lowest BCUT2D eigenvalue weighted by Gasteiger charge is -2.08. The van der Waals surface area contributed by atoms with Gasteiger partial charge in [-0.1, -0.05) is 0 Å². The van der Waals surface area contributed by atoms with Gasteiger partial charge in [-0.25, -0.2) is 14.4 Å². The van der Waals surface area contributed by atoms with Gasteiger partial charge in [0.25, 0.3) is 5.91 Å². The number of nitrogen functional groups attached to an aromatic ring is 1. The van der Waals surface area contributed by atoms with Gasteiger partial charge in [-0.05, 0) is 47.2 Å². The first-order chi connectivity index (χ1) is 9.49. The highest BCUT2D eigenvalue weighted by Crippen LogP contribution is 2.20. The molecule has 0 aliphatic rings. The number of hydrogen-bond donors (Lipinski definition) is 2. The molecule has 0 aliphatic carbocycles. The summed E-state index contributed by atoms with van der Waals surface area (Å²) in [6.45, 7) is 1.93. The van der Waals surface area contributed by atoms with E-state index in [9.17, 15) is 9.18 Å². The zero-order chi connectivity index (χ0) is 14.7. The molecule has 0 spiro atoms. The molecule has 0 bridgehead atoms. The van der Waals surface area contributed by atoms with Crippen molar-refractivity contribution in [2.75, 3.05) is 5.73 Å². The second kappa shape index (κ2) is 6.12. The Morgan fingerprint density at radius 3 is 2.90 bits per heavy atom. The van der Waals surface area contributed by atoms with E-state index in [1.54, 1.807) is 13.0 Å². The van der Waals surface area contributed by atoms with E-state index in [0.29, 0.717) is 20.4 Å². The van der Waals surface area contributed by atoms with Crippen LogP contribution in [0, 0.1) is 16.3 Å². The molecule has 0 aliphatic heterocycles. The van der Waals surface area contributed by atoms with Crippen LogP contribution >= 0.6 is 22.6 Å². The smallest absolute Gasteiger partial charge is 0.254 e. The fourth-order valence-corrected chi connectivity index (χ4v) is 2.29. The highest BCUT2D eigenvalue weighted by Gasteiger charge is 2.11. The number of hydrogen-bond acceptors (Lipinski definition) is 4. The predicted octanol–water partition coefficient (Wildman–Crippen LogP) is 2.04. The Bertz CT molecular complexity index is 640. The van der Waals surface area contributed by atoms with E-state index in [1.807, 2.05) is 22.6 Å². The summed E-state index contributed by atoms with van der Waals surface area (Å²) in [5, 5.41) is 2.70. The molecule has 5 nitrogen and oxygen atoms in total. The van der Waals surface area contributed by atoms with Crippen molar-refractivity contribution in [1.82, 2.24) is 15.3 Å². The van der Waals surface area contributed by atoms with Crippen LogP contribution in [-0.2, 0) is 6.54 Å². The number of nitrogens with one attached hydrogen (secondary N) is 1. The Labute approximate surface area is 129 Å². The summed E-state index contributed by atoms with van der Waals surface area (Å²) in [6.07, 6.45) is 2.83. The maximum atomic E-state index is 13.5. The number of carbonyl (C=O) groups excluding carboxylic acids is 1. The Kier molecular flexibility index (Phi) is 4.48. The summed E-state index contributed by atoms with van der Waals surface area (Å²) in [6, 6.07) is 3.04. The van der Waals surface area contributed by atoms with E-state index in [4.69, 9.17) is 5.73 Å². The van der Waals surface area contributed by atoms with Crippen molar-refractivity contribution in [3.8, 4) is 0 Å². The van der Waals surface area contributed by atoms with E-state index >= 15 is 0 Å². The molecule has 0 saturated carbocycles. The minimum Gasteiger partial charge on any atom is -0.395 e. The number of benzene rings is 1. The van der Waals surface area contributed by atoms with Crippen LogP contribution < -0.4 is 11.1 Å². The van der Waals surface area contributed by atoms with Gasteiger partial charge in [-0.2, -0.15) is 0 Å². The lowest BCUT2D eigenvalue weighted by molar-refractivity contribution is 0.0949. The van der Waals surface area contributed by atoms with Crippen molar-refractivity contribution < 1.29 is 9.18 Å². The van der Waals surface area contributed by atoms with Crippen molar-refractivity contribution >= 4 is 34.2 Å². The van der Waals surface area contributed by atoms with Crippen LogP contribution in [0.25, 0.3) is 0 Å². The quantitative estimate of drug-likeness (QED) is 0.625. The molecule has 0 atom stereocenters. The van der Waals surface area contributed by atoms with E-state index in [1.165, 1.54) is 18.6 Å². The Hall–Kier alpha value is -1.77. The van der Waals surface area contributed by atoms with E-state index in [2.05, 4.69) is 15.3 Å². The molecule has 2 rings (SSSR count). The zero-order valence-corrected chi connectivity index (χ0v) is 12.8. The molecule has 0 unspecified atom stereocenters. The van der Waals surface area contributed by atoms with Crippen LogP contribution in [0.15, 0.2) is 24.7 Å². The molecular weight excluding hydrogens is 374 g/mol. The minimum absolute atomic E-state index is 0.119. The average molecular weight is 386 g/mol. The standard InChI is InChI=1S/C13H12FIN4O/c1-7-9(5-17-6-19-7)13(20)18-4-8-2-10(14)12(16)11(15)3-8/h2-3,5-6H,4,16H2,1H3,(H,18,20). The topological polar surface area (TPSA) is 80.9 Å². The largest absolute Gasteiger partial charge is 0.395 e. The highest BCUT2D eigenvalue weighted by atomic mass is 127. The number of carbonyl (C=O) groups is 1. The minimum atomic E-state index is -0.486. The van der Waals surface area contributed by atoms with Gasteiger partial charge in [0.05, 0.1) is 16.9 Å². The maximum Gasteiger partial charge on any atom is 0.254 e. The Morgan fingerprint density at radius 2 is 2.25 bits per heavy atom. The number of aryl methyl sites for hydroxylation is 1. The normalized spacial score (nSPS) is 10.3. The predicted molar refractivity (Wildman–Crippen MR) is 81.5 cm³/mol. The zero-order valence-electron chi connectivity index (χ0n) is 10.7.